The van der Waals surface area contributed by atoms with Gasteiger partial charge in [0.05, 0.1) is 7.11 Å². The van der Waals surface area contributed by atoms with Crippen LogP contribution in [0.4, 0.5) is 5.69 Å². The molecule has 0 aliphatic carbocycles. The molecule has 0 atom stereocenters. The van der Waals surface area contributed by atoms with Gasteiger partial charge in [0, 0.05) is 10.2 Å². The van der Waals surface area contributed by atoms with E-state index in [0.717, 1.165) is 0 Å². The fourth-order valence-corrected chi connectivity index (χ4v) is 3.79. The summed E-state index contributed by atoms with van der Waals surface area (Å²) < 4.78 is 28.6. The van der Waals surface area contributed by atoms with E-state index in [0.29, 0.717) is 15.0 Å². The number of hydrogen-bond acceptors (Lipinski definition) is 5. The Labute approximate surface area is 134 Å². The van der Waals surface area contributed by atoms with Crippen molar-refractivity contribution in [2.24, 2.45) is 5.14 Å². The van der Waals surface area contributed by atoms with Crippen LogP contribution in [-0.2, 0) is 10.0 Å². The lowest BCUT2D eigenvalue weighted by molar-refractivity contribution is 0.103. The highest BCUT2D eigenvalue weighted by atomic mass is 79.9. The molecule has 1 aromatic carbocycles. The molecule has 1 amide bonds. The van der Waals surface area contributed by atoms with Gasteiger partial charge in [0.25, 0.3) is 5.91 Å². The third kappa shape index (κ3) is 3.62. The summed E-state index contributed by atoms with van der Waals surface area (Å²) in [5.41, 5.74) is 0.310. The van der Waals surface area contributed by atoms with E-state index in [-0.39, 0.29) is 16.6 Å². The third-order valence-corrected chi connectivity index (χ3v) is 5.32. The van der Waals surface area contributed by atoms with E-state index in [2.05, 4.69) is 21.2 Å². The van der Waals surface area contributed by atoms with Crippen LogP contribution in [0.3, 0.4) is 0 Å². The number of methoxy groups -OCH3 is 1. The zero-order chi connectivity index (χ0) is 15.6. The molecule has 0 aliphatic heterocycles. The summed E-state index contributed by atoms with van der Waals surface area (Å²) in [5, 5.41) is 9.51. The van der Waals surface area contributed by atoms with Crippen LogP contribution < -0.4 is 15.2 Å². The first-order valence-corrected chi connectivity index (χ1v) is 8.80. The summed E-state index contributed by atoms with van der Waals surface area (Å²) in [6.07, 6.45) is 0. The van der Waals surface area contributed by atoms with Gasteiger partial charge in [0.2, 0.25) is 10.0 Å². The second kappa shape index (κ2) is 6.14. The van der Waals surface area contributed by atoms with Gasteiger partial charge >= 0.3 is 0 Å². The Morgan fingerprint density at radius 3 is 2.62 bits per heavy atom. The molecule has 6 nitrogen and oxygen atoms in total. The molecular weight excluding hydrogens is 380 g/mol. The summed E-state index contributed by atoms with van der Waals surface area (Å²) >= 11 is 4.53. The zero-order valence-corrected chi connectivity index (χ0v) is 14.0. The van der Waals surface area contributed by atoms with E-state index >= 15 is 0 Å². The van der Waals surface area contributed by atoms with Crippen LogP contribution in [0.1, 0.15) is 9.67 Å². The first kappa shape index (κ1) is 16.0. The van der Waals surface area contributed by atoms with E-state index in [1.54, 1.807) is 11.4 Å². The molecule has 112 valence electrons. The van der Waals surface area contributed by atoms with E-state index in [4.69, 9.17) is 9.88 Å². The molecule has 0 radical (unpaired) electrons. The average molecular weight is 391 g/mol. The Hall–Kier alpha value is -1.42. The maximum Gasteiger partial charge on any atom is 0.266 e. The topological polar surface area (TPSA) is 98.5 Å². The zero-order valence-electron chi connectivity index (χ0n) is 10.8. The van der Waals surface area contributed by atoms with E-state index in [1.165, 1.54) is 36.6 Å². The quantitative estimate of drug-likeness (QED) is 0.836. The van der Waals surface area contributed by atoms with Crippen LogP contribution in [0.5, 0.6) is 5.75 Å². The van der Waals surface area contributed by atoms with Crippen molar-refractivity contribution in [3.63, 3.8) is 0 Å². The maximum atomic E-state index is 12.1. The first-order chi connectivity index (χ1) is 9.82. The Morgan fingerprint density at radius 1 is 1.38 bits per heavy atom. The van der Waals surface area contributed by atoms with Crippen molar-refractivity contribution in [3.05, 3.63) is 39.0 Å². The Balaban J connectivity index is 2.34. The van der Waals surface area contributed by atoms with Gasteiger partial charge in [-0.25, -0.2) is 13.6 Å². The molecule has 0 unspecified atom stereocenters. The van der Waals surface area contributed by atoms with Crippen molar-refractivity contribution < 1.29 is 17.9 Å². The molecule has 0 saturated carbocycles. The summed E-state index contributed by atoms with van der Waals surface area (Å²) in [6, 6.07) is 5.97. The number of thiophene rings is 1. The van der Waals surface area contributed by atoms with Crippen LogP contribution in [0.2, 0.25) is 0 Å². The summed E-state index contributed by atoms with van der Waals surface area (Å²) in [4.78, 5) is 12.4. The van der Waals surface area contributed by atoms with Gasteiger partial charge in [-0.05, 0) is 45.6 Å². The smallest absolute Gasteiger partial charge is 0.266 e. The molecule has 1 aromatic heterocycles. The SMILES string of the molecule is COc1ccc(NC(=O)c2sccc2Br)cc1S(N)(=O)=O. The number of rotatable bonds is 4. The van der Waals surface area contributed by atoms with Crippen LogP contribution >= 0.6 is 27.3 Å². The number of amides is 1. The molecule has 9 heteroatoms. The number of nitrogens with one attached hydrogen (secondary N) is 1. The minimum Gasteiger partial charge on any atom is -0.495 e. The van der Waals surface area contributed by atoms with Gasteiger partial charge in [-0.1, -0.05) is 0 Å². The highest BCUT2D eigenvalue weighted by Crippen LogP contribution is 2.28. The van der Waals surface area contributed by atoms with Gasteiger partial charge in [-0.15, -0.1) is 11.3 Å². The van der Waals surface area contributed by atoms with Crippen molar-refractivity contribution in [2.75, 3.05) is 12.4 Å². The predicted octanol–water partition coefficient (Wildman–Crippen LogP) is 2.42. The number of carbonyl (C=O) groups excluding carboxylic acids is 1. The molecule has 1 heterocycles. The molecule has 0 fully saturated rings. The normalized spacial score (nSPS) is 11.2. The standard InChI is InChI=1S/C12H11BrN2O4S2/c1-19-9-3-2-7(6-10(9)21(14,17)18)15-12(16)11-8(13)4-5-20-11/h2-6H,1H3,(H,15,16)(H2,14,17,18). The number of hydrogen-bond donors (Lipinski definition) is 2. The second-order valence-corrected chi connectivity index (χ2v) is 7.26. The molecule has 0 bridgehead atoms. The van der Waals surface area contributed by atoms with Gasteiger partial charge in [-0.3, -0.25) is 4.79 Å². The molecule has 0 spiro atoms. The highest BCUT2D eigenvalue weighted by molar-refractivity contribution is 9.10. The third-order valence-electron chi connectivity index (χ3n) is 2.55. The number of nitrogens with two attached hydrogens (primary N) is 1. The van der Waals surface area contributed by atoms with Crippen LogP contribution in [-0.4, -0.2) is 21.4 Å². The fraction of sp³-hybridized carbons (Fsp3) is 0.0833. The molecule has 2 rings (SSSR count). The molecule has 0 aliphatic rings. The largest absolute Gasteiger partial charge is 0.495 e. The number of benzene rings is 1. The summed E-state index contributed by atoms with van der Waals surface area (Å²) in [5.74, 6) is -0.227. The predicted molar refractivity (Wildman–Crippen MR) is 84.3 cm³/mol. The van der Waals surface area contributed by atoms with Gasteiger partial charge in [0.15, 0.2) is 0 Å². The summed E-state index contributed by atoms with van der Waals surface area (Å²) in [6.45, 7) is 0. The minimum atomic E-state index is -3.95. The molecular formula is C12H11BrN2O4S2. The number of anilines is 1. The van der Waals surface area contributed by atoms with Gasteiger partial charge < -0.3 is 10.1 Å². The van der Waals surface area contributed by atoms with Crippen molar-refractivity contribution >= 4 is 48.9 Å². The van der Waals surface area contributed by atoms with Gasteiger partial charge in [0.1, 0.15) is 15.5 Å². The van der Waals surface area contributed by atoms with Crippen molar-refractivity contribution in [1.82, 2.24) is 0 Å². The number of carbonyl (C=O) groups is 1. The van der Waals surface area contributed by atoms with Crippen LogP contribution in [0.25, 0.3) is 0 Å². The molecule has 2 aromatic rings. The monoisotopic (exact) mass is 390 g/mol. The number of halogens is 1. The van der Waals surface area contributed by atoms with Crippen LogP contribution in [0, 0.1) is 0 Å². The van der Waals surface area contributed by atoms with Crippen LogP contribution in [0.15, 0.2) is 39.0 Å². The highest BCUT2D eigenvalue weighted by Gasteiger charge is 2.17. The van der Waals surface area contributed by atoms with E-state index in [1.807, 2.05) is 0 Å². The Morgan fingerprint density at radius 2 is 2.10 bits per heavy atom. The lowest BCUT2D eigenvalue weighted by Gasteiger charge is -2.10. The Kier molecular flexibility index (Phi) is 4.67. The Bertz CT molecular complexity index is 786. The van der Waals surface area contributed by atoms with Crippen molar-refractivity contribution in [3.8, 4) is 5.75 Å². The van der Waals surface area contributed by atoms with E-state index in [9.17, 15) is 13.2 Å². The maximum absolute atomic E-state index is 12.1. The number of sulfonamides is 1. The minimum absolute atomic E-state index is 0.118. The van der Waals surface area contributed by atoms with E-state index < -0.39 is 10.0 Å². The first-order valence-electron chi connectivity index (χ1n) is 5.58. The molecule has 3 N–H and O–H groups in total. The lowest BCUT2D eigenvalue weighted by atomic mass is 10.3. The fourth-order valence-electron chi connectivity index (χ4n) is 1.62. The average Bonchev–Trinajstić information content (AvgIpc) is 2.84. The second-order valence-electron chi connectivity index (χ2n) is 3.96. The van der Waals surface area contributed by atoms with Crippen molar-refractivity contribution in [2.45, 2.75) is 4.90 Å². The van der Waals surface area contributed by atoms with Gasteiger partial charge in [-0.2, -0.15) is 0 Å². The number of primary sulfonamides is 1. The summed E-state index contributed by atoms with van der Waals surface area (Å²) in [7, 11) is -2.61. The lowest BCUT2D eigenvalue weighted by Crippen LogP contribution is -2.15. The molecule has 21 heavy (non-hydrogen) atoms. The molecule has 0 saturated heterocycles. The van der Waals surface area contributed by atoms with Crippen molar-refractivity contribution in [1.29, 1.82) is 0 Å². The number of ether oxygens (including phenoxy) is 1.